The van der Waals surface area contributed by atoms with E-state index in [0.717, 1.165) is 0 Å². The number of nitrogens with zero attached hydrogens (tertiary/aromatic N) is 2. The summed E-state index contributed by atoms with van der Waals surface area (Å²) in [5, 5.41) is 16.5. The van der Waals surface area contributed by atoms with Crippen molar-refractivity contribution in [2.75, 3.05) is 7.11 Å². The first-order valence-corrected chi connectivity index (χ1v) is 2.35. The summed E-state index contributed by atoms with van der Waals surface area (Å²) in [6.45, 7) is 0. The minimum atomic E-state index is -0.176. The van der Waals surface area contributed by atoms with Crippen molar-refractivity contribution in [2.24, 2.45) is 0 Å². The average molecular weight is 132 g/mol. The lowest BCUT2D eigenvalue weighted by Crippen LogP contribution is -1.87. The molecule has 0 saturated carbocycles. The molecule has 3 heteroatoms. The molecule has 0 heterocycles. The van der Waals surface area contributed by atoms with Crippen LogP contribution in [0.2, 0.25) is 0 Å². The second-order valence-corrected chi connectivity index (χ2v) is 1.28. The molecule has 0 spiro atoms. The Morgan fingerprint density at radius 2 is 1.90 bits per heavy atom. The van der Waals surface area contributed by atoms with Crippen LogP contribution in [0.4, 0.5) is 0 Å². The molecule has 10 heavy (non-hydrogen) atoms. The Hall–Kier alpha value is -1.92. The van der Waals surface area contributed by atoms with E-state index in [1.54, 1.807) is 12.1 Å². The molecule has 3 nitrogen and oxygen atoms in total. The molecule has 0 fully saturated rings. The minimum absolute atomic E-state index is 0.0231. The third-order valence-electron chi connectivity index (χ3n) is 0.786. The van der Waals surface area contributed by atoms with Crippen LogP contribution in [0.1, 0.15) is 0 Å². The zero-order chi connectivity index (χ0) is 7.98. The van der Waals surface area contributed by atoms with Crippen molar-refractivity contribution in [3.8, 4) is 24.5 Å². The summed E-state index contributed by atoms with van der Waals surface area (Å²) in [6, 6.07) is 3.21. The van der Waals surface area contributed by atoms with Crippen LogP contribution in [0.25, 0.3) is 0 Å². The second-order valence-electron chi connectivity index (χ2n) is 1.28. The molecule has 0 N–H and O–H groups in total. The van der Waals surface area contributed by atoms with Gasteiger partial charge in [-0.3, -0.25) is 0 Å². The molecule has 0 bridgehead atoms. The van der Waals surface area contributed by atoms with Gasteiger partial charge in [-0.2, -0.15) is 10.5 Å². The average Bonchev–Trinajstić information content (AvgIpc) is 2.00. The summed E-state index contributed by atoms with van der Waals surface area (Å²) in [4.78, 5) is 0. The lowest BCUT2D eigenvalue weighted by atomic mass is 10.3. The number of methoxy groups -OCH3 is 1. The molecule has 0 aromatic heterocycles. The van der Waals surface area contributed by atoms with Crippen LogP contribution >= 0.6 is 0 Å². The van der Waals surface area contributed by atoms with Crippen molar-refractivity contribution in [1.82, 2.24) is 0 Å². The second kappa shape index (κ2) is 4.01. The minimum Gasteiger partial charge on any atom is -0.487 e. The van der Waals surface area contributed by atoms with Gasteiger partial charge >= 0.3 is 0 Å². The Kier molecular flexibility index (Phi) is 3.24. The summed E-state index contributed by atoms with van der Waals surface area (Å²) in [5.74, 6) is 2.04. The van der Waals surface area contributed by atoms with Gasteiger partial charge in [0.05, 0.1) is 7.11 Å². The molecule has 0 radical (unpaired) electrons. The van der Waals surface area contributed by atoms with Gasteiger partial charge in [-0.1, -0.05) is 0 Å². The number of terminal acetylenes is 1. The maximum absolute atomic E-state index is 8.25. The normalized spacial score (nSPS) is 6.20. The highest BCUT2D eigenvalue weighted by atomic mass is 16.5. The van der Waals surface area contributed by atoms with Crippen LogP contribution in [0.3, 0.4) is 0 Å². The van der Waals surface area contributed by atoms with Gasteiger partial charge in [-0.05, 0) is 5.92 Å². The highest BCUT2D eigenvalue weighted by molar-refractivity contribution is 5.44. The topological polar surface area (TPSA) is 56.8 Å². The van der Waals surface area contributed by atoms with Crippen LogP contribution in [0.5, 0.6) is 0 Å². The molecule has 0 aliphatic rings. The highest BCUT2D eigenvalue weighted by Crippen LogP contribution is 2.00. The Bertz CT molecular complexity index is 253. The summed E-state index contributed by atoms with van der Waals surface area (Å²) < 4.78 is 4.54. The molecule has 0 amide bonds. The number of nitriles is 2. The fraction of sp³-hybridized carbons (Fsp3) is 0.143. The van der Waals surface area contributed by atoms with E-state index in [1.807, 2.05) is 0 Å². The van der Waals surface area contributed by atoms with E-state index in [2.05, 4.69) is 10.7 Å². The van der Waals surface area contributed by atoms with E-state index in [0.29, 0.717) is 0 Å². The molecule has 0 saturated heterocycles. The van der Waals surface area contributed by atoms with E-state index in [-0.39, 0.29) is 11.3 Å². The monoisotopic (exact) mass is 132 g/mol. The van der Waals surface area contributed by atoms with Crippen molar-refractivity contribution in [3.05, 3.63) is 11.3 Å². The third kappa shape index (κ3) is 1.54. The Morgan fingerprint density at radius 3 is 2.00 bits per heavy atom. The predicted octanol–water partition coefficient (Wildman–Crippen LogP) is 0.567. The lowest BCUT2D eigenvalue weighted by Gasteiger charge is -1.93. The molecule has 0 aromatic rings. The first kappa shape index (κ1) is 8.08. The molecule has 48 valence electrons. The lowest BCUT2D eigenvalue weighted by molar-refractivity contribution is 0.309. The molecular weight excluding hydrogens is 128 g/mol. The molecular formula is C7H4N2O. The quantitative estimate of drug-likeness (QED) is 0.297. The van der Waals surface area contributed by atoms with Crippen molar-refractivity contribution < 1.29 is 4.74 Å². The van der Waals surface area contributed by atoms with Crippen LogP contribution in [0.15, 0.2) is 11.3 Å². The summed E-state index contributed by atoms with van der Waals surface area (Å²) in [5.41, 5.74) is -0.176. The fourth-order valence-electron chi connectivity index (χ4n) is 0.360. The number of hydrogen-bond acceptors (Lipinski definition) is 3. The molecule has 0 unspecified atom stereocenters. The van der Waals surface area contributed by atoms with Crippen molar-refractivity contribution in [2.45, 2.75) is 0 Å². The first-order valence-electron chi connectivity index (χ1n) is 2.35. The maximum Gasteiger partial charge on any atom is 0.198 e. The summed E-state index contributed by atoms with van der Waals surface area (Å²) in [7, 11) is 1.31. The van der Waals surface area contributed by atoms with Crippen molar-refractivity contribution >= 4 is 0 Å². The number of rotatable bonds is 1. The number of hydrogen-bond donors (Lipinski definition) is 0. The summed E-state index contributed by atoms with van der Waals surface area (Å²) in [6.07, 6.45) is 4.90. The van der Waals surface area contributed by atoms with Crippen molar-refractivity contribution in [1.29, 1.82) is 10.5 Å². The number of allylic oxidation sites excluding steroid dienone is 2. The maximum atomic E-state index is 8.25. The smallest absolute Gasteiger partial charge is 0.198 e. The van der Waals surface area contributed by atoms with E-state index in [4.69, 9.17) is 16.9 Å². The molecule has 0 aromatic carbocycles. The van der Waals surface area contributed by atoms with E-state index in [1.165, 1.54) is 7.11 Å². The van der Waals surface area contributed by atoms with Crippen LogP contribution < -0.4 is 0 Å². The Balaban J connectivity index is 4.86. The van der Waals surface area contributed by atoms with Gasteiger partial charge in [0.15, 0.2) is 11.3 Å². The molecule has 0 aliphatic carbocycles. The van der Waals surface area contributed by atoms with Gasteiger partial charge in [-0.25, -0.2) is 0 Å². The van der Waals surface area contributed by atoms with Gasteiger partial charge < -0.3 is 4.74 Å². The molecule has 0 aliphatic heterocycles. The molecule has 0 atom stereocenters. The Labute approximate surface area is 59.1 Å². The van der Waals surface area contributed by atoms with Gasteiger partial charge in [0.2, 0.25) is 0 Å². The molecule has 0 rings (SSSR count). The van der Waals surface area contributed by atoms with Gasteiger partial charge in [-0.15, -0.1) is 6.42 Å². The van der Waals surface area contributed by atoms with Gasteiger partial charge in [0.25, 0.3) is 0 Å². The fourth-order valence-corrected chi connectivity index (χ4v) is 0.360. The third-order valence-corrected chi connectivity index (χ3v) is 0.786. The highest BCUT2D eigenvalue weighted by Gasteiger charge is 2.00. The van der Waals surface area contributed by atoms with Crippen LogP contribution in [-0.4, -0.2) is 7.11 Å². The number of ether oxygens (including phenoxy) is 1. The van der Waals surface area contributed by atoms with Gasteiger partial charge in [0, 0.05) is 0 Å². The zero-order valence-electron chi connectivity index (χ0n) is 5.38. The van der Waals surface area contributed by atoms with E-state index >= 15 is 0 Å². The Morgan fingerprint density at radius 1 is 1.40 bits per heavy atom. The SMILES string of the molecule is C#CC(OC)=C(C#N)C#N. The summed E-state index contributed by atoms with van der Waals surface area (Å²) >= 11 is 0. The first-order chi connectivity index (χ1) is 4.79. The van der Waals surface area contributed by atoms with E-state index < -0.39 is 0 Å². The van der Waals surface area contributed by atoms with Gasteiger partial charge in [0.1, 0.15) is 12.1 Å². The zero-order valence-corrected chi connectivity index (χ0v) is 5.38. The van der Waals surface area contributed by atoms with Crippen LogP contribution in [0, 0.1) is 35.0 Å². The van der Waals surface area contributed by atoms with Crippen molar-refractivity contribution in [3.63, 3.8) is 0 Å². The standard InChI is InChI=1S/C7H4N2O/c1-3-7(10-2)6(4-8)5-9/h1H,2H3. The largest absolute Gasteiger partial charge is 0.487 e. The van der Waals surface area contributed by atoms with E-state index in [9.17, 15) is 0 Å². The predicted molar refractivity (Wildman–Crippen MR) is 34.1 cm³/mol. The van der Waals surface area contributed by atoms with Crippen LogP contribution in [-0.2, 0) is 4.74 Å².